The summed E-state index contributed by atoms with van der Waals surface area (Å²) in [5.74, 6) is 1.54. The van der Waals surface area contributed by atoms with Gasteiger partial charge in [0.15, 0.2) is 17.3 Å². The summed E-state index contributed by atoms with van der Waals surface area (Å²) in [6.45, 7) is 3.49. The maximum atomic E-state index is 8.71. The molecule has 6 nitrogen and oxygen atoms in total. The molecule has 0 bridgehead atoms. The highest BCUT2D eigenvalue weighted by molar-refractivity contribution is 5.94. The van der Waals surface area contributed by atoms with Gasteiger partial charge >= 0.3 is 0 Å². The van der Waals surface area contributed by atoms with Crippen LogP contribution in [0.15, 0.2) is 23.4 Å². The third kappa shape index (κ3) is 6.11. The number of ether oxygens (including phenoxy) is 2. The molecule has 1 heterocycles. The van der Waals surface area contributed by atoms with Crippen LogP contribution in [0.1, 0.15) is 36.8 Å². The second-order valence-electron chi connectivity index (χ2n) is 6.23. The largest absolute Gasteiger partial charge is 0.493 e. The zero-order valence-corrected chi connectivity index (χ0v) is 16.4. The molecule has 0 saturated carbocycles. The summed E-state index contributed by atoms with van der Waals surface area (Å²) in [5.41, 5.74) is 7.62. The van der Waals surface area contributed by atoms with Crippen molar-refractivity contribution in [3.05, 3.63) is 29.3 Å². The van der Waals surface area contributed by atoms with Gasteiger partial charge in [0.25, 0.3) is 0 Å². The second kappa shape index (κ2) is 11.6. The van der Waals surface area contributed by atoms with Crippen LogP contribution in [0.2, 0.25) is 0 Å². The maximum Gasteiger partial charge on any atom is 0.164 e. The van der Waals surface area contributed by atoms with Crippen molar-refractivity contribution in [2.75, 3.05) is 33.9 Å². The summed E-state index contributed by atoms with van der Waals surface area (Å²) in [6.07, 6.45) is 9.30. The number of benzene rings is 1. The quantitative estimate of drug-likeness (QED) is 0.311. The number of nitrogens with zero attached hydrogens (tertiary/aromatic N) is 2. The van der Waals surface area contributed by atoms with Gasteiger partial charge in [-0.2, -0.15) is 0 Å². The van der Waals surface area contributed by atoms with Crippen LogP contribution in [-0.4, -0.2) is 49.8 Å². The Balaban J connectivity index is 0.00000338. The van der Waals surface area contributed by atoms with Gasteiger partial charge in [-0.25, -0.2) is 0 Å². The fourth-order valence-corrected chi connectivity index (χ4v) is 3.29. The van der Waals surface area contributed by atoms with E-state index in [2.05, 4.69) is 10.1 Å². The molecule has 1 saturated heterocycles. The molecule has 1 aliphatic rings. The molecule has 2 rings (SSSR count). The standard InChI is InChI=1S/C19H29N3O3.ClH/c1-24-17-10-8-15(9-11-18(20)21-23)16(19(17)25-2)7-6-14-22-12-4-3-5-13-22;/h8-11,23H,3-7,12-14H2,1-2H3,(H2,20,21);1H. The van der Waals surface area contributed by atoms with Crippen LogP contribution in [0.3, 0.4) is 0 Å². The predicted molar refractivity (Wildman–Crippen MR) is 108 cm³/mol. The highest BCUT2D eigenvalue weighted by Gasteiger charge is 2.15. The van der Waals surface area contributed by atoms with Gasteiger partial charge in [0.2, 0.25) is 0 Å². The minimum Gasteiger partial charge on any atom is -0.493 e. The van der Waals surface area contributed by atoms with Crippen molar-refractivity contribution in [1.29, 1.82) is 0 Å². The molecule has 146 valence electrons. The first kappa shape index (κ1) is 22.1. The zero-order chi connectivity index (χ0) is 18.1. The lowest BCUT2D eigenvalue weighted by molar-refractivity contribution is 0.226. The van der Waals surface area contributed by atoms with Crippen LogP contribution in [0, 0.1) is 0 Å². The van der Waals surface area contributed by atoms with E-state index in [1.165, 1.54) is 32.4 Å². The number of hydrogen-bond donors (Lipinski definition) is 2. The van der Waals surface area contributed by atoms with Crippen molar-refractivity contribution in [1.82, 2.24) is 4.90 Å². The smallest absolute Gasteiger partial charge is 0.164 e. The lowest BCUT2D eigenvalue weighted by atomic mass is 9.99. The molecule has 1 aromatic rings. The van der Waals surface area contributed by atoms with Gasteiger partial charge in [0.1, 0.15) is 0 Å². The van der Waals surface area contributed by atoms with Crippen molar-refractivity contribution in [2.24, 2.45) is 10.9 Å². The van der Waals surface area contributed by atoms with E-state index < -0.39 is 0 Å². The third-order valence-corrected chi connectivity index (χ3v) is 4.58. The van der Waals surface area contributed by atoms with Gasteiger partial charge in [-0.15, -0.1) is 12.4 Å². The SMILES string of the molecule is COc1ccc(C=CC(N)=NO)c(CCCN2CCCCC2)c1OC.Cl. The Kier molecular flexibility index (Phi) is 9.91. The molecule has 0 aromatic heterocycles. The fourth-order valence-electron chi connectivity index (χ4n) is 3.29. The first-order valence-electron chi connectivity index (χ1n) is 8.81. The number of nitrogens with two attached hydrogens (primary N) is 1. The molecule has 1 aliphatic heterocycles. The van der Waals surface area contributed by atoms with Crippen LogP contribution in [0.25, 0.3) is 6.08 Å². The molecule has 0 unspecified atom stereocenters. The Bertz CT molecular complexity index is 614. The topological polar surface area (TPSA) is 80.3 Å². The van der Waals surface area contributed by atoms with E-state index in [-0.39, 0.29) is 18.2 Å². The Morgan fingerprint density at radius 1 is 1.23 bits per heavy atom. The van der Waals surface area contributed by atoms with Crippen molar-refractivity contribution in [3.63, 3.8) is 0 Å². The number of oxime groups is 1. The number of amidine groups is 1. The number of rotatable bonds is 8. The monoisotopic (exact) mass is 383 g/mol. The van der Waals surface area contributed by atoms with E-state index >= 15 is 0 Å². The predicted octanol–water partition coefficient (Wildman–Crippen LogP) is 3.30. The van der Waals surface area contributed by atoms with Gasteiger partial charge in [-0.3, -0.25) is 0 Å². The van der Waals surface area contributed by atoms with Gasteiger partial charge < -0.3 is 25.3 Å². The summed E-state index contributed by atoms with van der Waals surface area (Å²) < 4.78 is 11.0. The van der Waals surface area contributed by atoms with E-state index in [0.29, 0.717) is 0 Å². The summed E-state index contributed by atoms with van der Waals surface area (Å²) in [6, 6.07) is 3.84. The minimum absolute atomic E-state index is 0. The third-order valence-electron chi connectivity index (χ3n) is 4.58. The molecule has 26 heavy (non-hydrogen) atoms. The molecule has 1 fully saturated rings. The Hall–Kier alpha value is -1.92. The van der Waals surface area contributed by atoms with Crippen LogP contribution in [-0.2, 0) is 6.42 Å². The number of likely N-dealkylation sites (tertiary alicyclic amines) is 1. The Labute approximate surface area is 162 Å². The average molecular weight is 384 g/mol. The van der Waals surface area contributed by atoms with Crippen molar-refractivity contribution < 1.29 is 14.7 Å². The highest BCUT2D eigenvalue weighted by Crippen LogP contribution is 2.35. The molecule has 7 heteroatoms. The summed E-state index contributed by atoms with van der Waals surface area (Å²) in [4.78, 5) is 2.53. The van der Waals surface area contributed by atoms with Crippen molar-refractivity contribution in [3.8, 4) is 11.5 Å². The van der Waals surface area contributed by atoms with Crippen molar-refractivity contribution >= 4 is 24.3 Å². The lowest BCUT2D eigenvalue weighted by Crippen LogP contribution is -2.30. The van der Waals surface area contributed by atoms with Gasteiger partial charge in [-0.1, -0.05) is 23.7 Å². The van der Waals surface area contributed by atoms with Crippen LogP contribution in [0.5, 0.6) is 11.5 Å². The van der Waals surface area contributed by atoms with Gasteiger partial charge in [0, 0.05) is 5.56 Å². The molecule has 0 amide bonds. The van der Waals surface area contributed by atoms with Gasteiger partial charge in [0.05, 0.1) is 14.2 Å². The number of halogens is 1. The first-order chi connectivity index (χ1) is 12.2. The molecular formula is C19H30ClN3O3. The zero-order valence-electron chi connectivity index (χ0n) is 15.6. The summed E-state index contributed by atoms with van der Waals surface area (Å²) in [7, 11) is 3.30. The van der Waals surface area contributed by atoms with E-state index in [1.807, 2.05) is 18.2 Å². The number of methoxy groups -OCH3 is 2. The second-order valence-corrected chi connectivity index (χ2v) is 6.23. The summed E-state index contributed by atoms with van der Waals surface area (Å²) in [5, 5.41) is 11.7. The average Bonchev–Trinajstić information content (AvgIpc) is 2.66. The van der Waals surface area contributed by atoms with E-state index in [1.54, 1.807) is 20.3 Å². The molecule has 3 N–H and O–H groups in total. The van der Waals surface area contributed by atoms with E-state index in [9.17, 15) is 0 Å². The minimum atomic E-state index is 0. The Morgan fingerprint density at radius 2 is 1.96 bits per heavy atom. The molecule has 0 atom stereocenters. The maximum absolute atomic E-state index is 8.71. The van der Waals surface area contributed by atoms with Gasteiger partial charge in [-0.05, 0) is 63.0 Å². The lowest BCUT2D eigenvalue weighted by Gasteiger charge is -2.26. The number of piperidine rings is 1. The molecule has 0 spiro atoms. The fraction of sp³-hybridized carbons (Fsp3) is 0.526. The van der Waals surface area contributed by atoms with E-state index in [4.69, 9.17) is 20.4 Å². The number of hydrogen-bond acceptors (Lipinski definition) is 5. The summed E-state index contributed by atoms with van der Waals surface area (Å²) >= 11 is 0. The Morgan fingerprint density at radius 3 is 2.58 bits per heavy atom. The van der Waals surface area contributed by atoms with Crippen LogP contribution in [0.4, 0.5) is 0 Å². The first-order valence-corrected chi connectivity index (χ1v) is 8.81. The van der Waals surface area contributed by atoms with Crippen LogP contribution < -0.4 is 15.2 Å². The molecule has 0 aliphatic carbocycles. The normalized spacial score (nSPS) is 15.7. The molecular weight excluding hydrogens is 354 g/mol. The van der Waals surface area contributed by atoms with E-state index in [0.717, 1.165) is 42.0 Å². The molecule has 1 aromatic carbocycles. The molecule has 0 radical (unpaired) electrons. The highest BCUT2D eigenvalue weighted by atomic mass is 35.5. The van der Waals surface area contributed by atoms with Crippen molar-refractivity contribution in [2.45, 2.75) is 32.1 Å². The van der Waals surface area contributed by atoms with Crippen LogP contribution >= 0.6 is 12.4 Å².